The van der Waals surface area contributed by atoms with Crippen LogP contribution in [-0.4, -0.2) is 32.0 Å². The second-order valence-corrected chi connectivity index (χ2v) is 5.29. The van der Waals surface area contributed by atoms with Crippen LogP contribution < -0.4 is 11.1 Å². The van der Waals surface area contributed by atoms with Crippen molar-refractivity contribution in [2.75, 3.05) is 29.6 Å². The quantitative estimate of drug-likeness (QED) is 0.745. The third-order valence-corrected chi connectivity index (χ3v) is 2.53. The molecule has 0 amide bonds. The van der Waals surface area contributed by atoms with E-state index in [1.54, 1.807) is 18.3 Å². The highest BCUT2D eigenvalue weighted by atomic mass is 32.2. The van der Waals surface area contributed by atoms with Gasteiger partial charge in [0.15, 0.2) is 0 Å². The highest BCUT2D eigenvalue weighted by molar-refractivity contribution is 7.90. The first-order valence-corrected chi connectivity index (χ1v) is 6.16. The number of aromatic nitrogens is 1. The molecule has 0 saturated carbocycles. The summed E-state index contributed by atoms with van der Waals surface area (Å²) in [5.74, 6) is 0.552. The van der Waals surface area contributed by atoms with Crippen LogP contribution in [0.3, 0.4) is 0 Å². The molecule has 3 N–H and O–H groups in total. The van der Waals surface area contributed by atoms with Gasteiger partial charge < -0.3 is 11.1 Å². The van der Waals surface area contributed by atoms with E-state index in [2.05, 4.69) is 10.3 Å². The van der Waals surface area contributed by atoms with Crippen molar-refractivity contribution in [1.29, 1.82) is 0 Å². The molecular formula is C8H13N3O2S. The lowest BCUT2D eigenvalue weighted by atomic mass is 10.4. The van der Waals surface area contributed by atoms with Crippen molar-refractivity contribution in [2.45, 2.75) is 0 Å². The lowest BCUT2D eigenvalue weighted by Crippen LogP contribution is -2.14. The fraction of sp³-hybridized carbons (Fsp3) is 0.375. The van der Waals surface area contributed by atoms with Gasteiger partial charge in [0.05, 0.1) is 17.6 Å². The van der Waals surface area contributed by atoms with Gasteiger partial charge in [-0.15, -0.1) is 0 Å². The first-order valence-electron chi connectivity index (χ1n) is 4.10. The normalized spacial score (nSPS) is 11.2. The summed E-state index contributed by atoms with van der Waals surface area (Å²) in [6.45, 7) is 0.379. The van der Waals surface area contributed by atoms with Gasteiger partial charge in [0.1, 0.15) is 15.7 Å². The summed E-state index contributed by atoms with van der Waals surface area (Å²) in [5.41, 5.74) is 6.16. The molecule has 1 rings (SSSR count). The number of nitrogens with two attached hydrogens (primary N) is 1. The van der Waals surface area contributed by atoms with E-state index in [-0.39, 0.29) is 5.75 Å². The summed E-state index contributed by atoms with van der Waals surface area (Å²) >= 11 is 0. The van der Waals surface area contributed by atoms with Crippen LogP contribution in [0.15, 0.2) is 18.3 Å². The van der Waals surface area contributed by atoms with Crippen LogP contribution in [0.2, 0.25) is 0 Å². The van der Waals surface area contributed by atoms with Crippen molar-refractivity contribution in [3.05, 3.63) is 18.3 Å². The molecule has 0 atom stereocenters. The summed E-state index contributed by atoms with van der Waals surface area (Å²) in [5, 5.41) is 2.93. The minimum atomic E-state index is -2.91. The Morgan fingerprint density at radius 1 is 1.50 bits per heavy atom. The lowest BCUT2D eigenvalue weighted by Gasteiger charge is -2.04. The van der Waals surface area contributed by atoms with E-state index in [4.69, 9.17) is 5.73 Å². The number of sulfone groups is 1. The van der Waals surface area contributed by atoms with Crippen molar-refractivity contribution in [3.63, 3.8) is 0 Å². The van der Waals surface area contributed by atoms with Crippen molar-refractivity contribution >= 4 is 21.3 Å². The number of nitrogens with zero attached hydrogens (tertiary/aromatic N) is 1. The molecular weight excluding hydrogens is 202 g/mol. The fourth-order valence-electron chi connectivity index (χ4n) is 0.891. The Labute approximate surface area is 83.3 Å². The number of hydrogen-bond donors (Lipinski definition) is 2. The maximum Gasteiger partial charge on any atom is 0.149 e. The predicted molar refractivity (Wildman–Crippen MR) is 56.8 cm³/mol. The minimum absolute atomic E-state index is 0.109. The van der Waals surface area contributed by atoms with Gasteiger partial charge >= 0.3 is 0 Å². The maximum absolute atomic E-state index is 10.8. The summed E-state index contributed by atoms with van der Waals surface area (Å²) in [6.07, 6.45) is 2.77. The topological polar surface area (TPSA) is 85.1 Å². The average Bonchev–Trinajstić information content (AvgIpc) is 2.06. The number of rotatable bonds is 4. The average molecular weight is 215 g/mol. The van der Waals surface area contributed by atoms with Crippen molar-refractivity contribution < 1.29 is 8.42 Å². The SMILES string of the molecule is CS(=O)(=O)CCNc1ccc(N)nc1. The van der Waals surface area contributed by atoms with Gasteiger partial charge in [-0.2, -0.15) is 0 Å². The Morgan fingerprint density at radius 2 is 2.21 bits per heavy atom. The first-order chi connectivity index (χ1) is 6.47. The molecule has 78 valence electrons. The molecule has 1 aromatic heterocycles. The van der Waals surface area contributed by atoms with Gasteiger partial charge in [-0.3, -0.25) is 0 Å². The molecule has 0 saturated heterocycles. The molecule has 0 fully saturated rings. The standard InChI is InChI=1S/C8H13N3O2S/c1-14(12,13)5-4-10-7-2-3-8(9)11-6-7/h2-3,6,10H,4-5H2,1H3,(H2,9,11). The highest BCUT2D eigenvalue weighted by Crippen LogP contribution is 2.06. The molecule has 6 heteroatoms. The van der Waals surface area contributed by atoms with Gasteiger partial charge in [0.2, 0.25) is 0 Å². The maximum atomic E-state index is 10.8. The Hall–Kier alpha value is -1.30. The summed E-state index contributed by atoms with van der Waals surface area (Å²) in [7, 11) is -2.91. The molecule has 0 unspecified atom stereocenters. The monoisotopic (exact) mass is 215 g/mol. The van der Waals surface area contributed by atoms with Gasteiger partial charge in [0, 0.05) is 12.8 Å². The second-order valence-electron chi connectivity index (χ2n) is 3.03. The third kappa shape index (κ3) is 4.08. The van der Waals surface area contributed by atoms with Gasteiger partial charge in [-0.1, -0.05) is 0 Å². The number of anilines is 2. The fourth-order valence-corrected chi connectivity index (χ4v) is 1.36. The predicted octanol–water partition coefficient (Wildman–Crippen LogP) is 0.120. The number of nitrogen functional groups attached to an aromatic ring is 1. The first kappa shape index (κ1) is 10.8. The molecule has 5 nitrogen and oxygen atoms in total. The summed E-state index contributed by atoms with van der Waals surface area (Å²) in [4.78, 5) is 3.86. The minimum Gasteiger partial charge on any atom is -0.384 e. The number of pyridine rings is 1. The Kier molecular flexibility index (Phi) is 3.29. The van der Waals surface area contributed by atoms with E-state index in [1.165, 1.54) is 6.26 Å². The largest absolute Gasteiger partial charge is 0.384 e. The van der Waals surface area contributed by atoms with Gasteiger partial charge in [0.25, 0.3) is 0 Å². The van der Waals surface area contributed by atoms with Crippen molar-refractivity contribution in [1.82, 2.24) is 4.98 Å². The summed E-state index contributed by atoms with van der Waals surface area (Å²) < 4.78 is 21.6. The Balaban J connectivity index is 2.43. The summed E-state index contributed by atoms with van der Waals surface area (Å²) in [6, 6.07) is 3.41. The molecule has 14 heavy (non-hydrogen) atoms. The van der Waals surface area contributed by atoms with Crippen LogP contribution in [0.5, 0.6) is 0 Å². The molecule has 0 aliphatic carbocycles. The molecule has 0 aliphatic heterocycles. The molecule has 0 bridgehead atoms. The van der Waals surface area contributed by atoms with E-state index in [1.807, 2.05) is 0 Å². The van der Waals surface area contributed by atoms with Crippen LogP contribution in [0, 0.1) is 0 Å². The van der Waals surface area contributed by atoms with Crippen LogP contribution >= 0.6 is 0 Å². The lowest BCUT2D eigenvalue weighted by molar-refractivity contribution is 0.602. The third-order valence-electron chi connectivity index (χ3n) is 1.59. The molecule has 1 heterocycles. The second kappa shape index (κ2) is 4.28. The smallest absolute Gasteiger partial charge is 0.149 e. The Morgan fingerprint density at radius 3 is 2.71 bits per heavy atom. The van der Waals surface area contributed by atoms with E-state index in [0.717, 1.165) is 5.69 Å². The van der Waals surface area contributed by atoms with Crippen molar-refractivity contribution in [2.24, 2.45) is 0 Å². The zero-order valence-electron chi connectivity index (χ0n) is 7.90. The van der Waals surface area contributed by atoms with Crippen molar-refractivity contribution in [3.8, 4) is 0 Å². The molecule has 0 aliphatic rings. The zero-order valence-corrected chi connectivity index (χ0v) is 8.71. The van der Waals surface area contributed by atoms with E-state index < -0.39 is 9.84 Å². The molecule has 0 radical (unpaired) electrons. The van der Waals surface area contributed by atoms with Crippen LogP contribution in [0.25, 0.3) is 0 Å². The molecule has 1 aromatic rings. The van der Waals surface area contributed by atoms with E-state index >= 15 is 0 Å². The zero-order chi connectivity index (χ0) is 10.6. The number of hydrogen-bond acceptors (Lipinski definition) is 5. The molecule has 0 spiro atoms. The highest BCUT2D eigenvalue weighted by Gasteiger charge is 2.00. The number of nitrogens with one attached hydrogen (secondary N) is 1. The van der Waals surface area contributed by atoms with Crippen LogP contribution in [0.4, 0.5) is 11.5 Å². The van der Waals surface area contributed by atoms with Gasteiger partial charge in [-0.05, 0) is 12.1 Å². The molecule has 0 aromatic carbocycles. The van der Waals surface area contributed by atoms with E-state index in [9.17, 15) is 8.42 Å². The van der Waals surface area contributed by atoms with Crippen LogP contribution in [0.1, 0.15) is 0 Å². The van der Waals surface area contributed by atoms with E-state index in [0.29, 0.717) is 12.4 Å². The van der Waals surface area contributed by atoms with Gasteiger partial charge in [-0.25, -0.2) is 13.4 Å². The Bertz CT molecular complexity index is 386. The van der Waals surface area contributed by atoms with Crippen LogP contribution in [-0.2, 0) is 9.84 Å².